The molecule has 2 rings (SSSR count). The Morgan fingerprint density at radius 1 is 1.33 bits per heavy atom. The van der Waals surface area contributed by atoms with Crippen LogP contribution >= 0.6 is 0 Å². The second-order valence-electron chi connectivity index (χ2n) is 6.23. The topological polar surface area (TPSA) is 75.3 Å². The molecular weight excluding hydrogens is 268 g/mol. The van der Waals surface area contributed by atoms with Crippen molar-refractivity contribution in [3.63, 3.8) is 0 Å². The monoisotopic (exact) mass is 292 g/mol. The first-order valence-electron chi connectivity index (χ1n) is 7.36. The molecule has 0 atom stereocenters. The third-order valence-corrected chi connectivity index (χ3v) is 3.10. The van der Waals surface area contributed by atoms with E-state index in [1.165, 1.54) is 0 Å². The molecule has 2 heterocycles. The summed E-state index contributed by atoms with van der Waals surface area (Å²) in [4.78, 5) is 15.9. The van der Waals surface area contributed by atoms with Crippen LogP contribution in [0.2, 0.25) is 0 Å². The Balaban J connectivity index is 1.85. The van der Waals surface area contributed by atoms with Crippen LogP contribution in [0.15, 0.2) is 18.3 Å². The van der Waals surface area contributed by atoms with Gasteiger partial charge in [0, 0.05) is 6.04 Å². The lowest BCUT2D eigenvalue weighted by Crippen LogP contribution is -2.35. The van der Waals surface area contributed by atoms with Gasteiger partial charge in [0.25, 0.3) is 0 Å². The van der Waals surface area contributed by atoms with Crippen LogP contribution in [0.4, 0.5) is 16.3 Å². The maximum atomic E-state index is 11.6. The van der Waals surface area contributed by atoms with Crippen LogP contribution < -0.4 is 16.0 Å². The van der Waals surface area contributed by atoms with Crippen molar-refractivity contribution in [2.45, 2.75) is 45.3 Å². The van der Waals surface area contributed by atoms with Crippen molar-refractivity contribution in [2.75, 3.05) is 23.7 Å². The number of anilines is 2. The highest BCUT2D eigenvalue weighted by atomic mass is 16.6. The van der Waals surface area contributed by atoms with Crippen molar-refractivity contribution < 1.29 is 9.53 Å². The van der Waals surface area contributed by atoms with Crippen molar-refractivity contribution in [1.82, 2.24) is 10.3 Å². The van der Waals surface area contributed by atoms with E-state index in [1.807, 2.05) is 26.8 Å². The molecule has 3 N–H and O–H groups in total. The molecule has 6 nitrogen and oxygen atoms in total. The minimum absolute atomic E-state index is 0.484. The van der Waals surface area contributed by atoms with E-state index in [9.17, 15) is 4.79 Å². The summed E-state index contributed by atoms with van der Waals surface area (Å²) < 4.78 is 5.18. The predicted octanol–water partition coefficient (Wildman–Crippen LogP) is 2.59. The second kappa shape index (κ2) is 6.76. The zero-order chi connectivity index (χ0) is 15.3. The van der Waals surface area contributed by atoms with E-state index in [1.54, 1.807) is 12.3 Å². The first-order valence-corrected chi connectivity index (χ1v) is 7.36. The standard InChI is InChI=1S/C15H24N4O2/c1-15(2,3)21-14(20)19-13-5-4-12(10-17-13)18-11-6-8-16-9-7-11/h4-5,10-11,16,18H,6-9H2,1-3H3,(H,17,19,20). The number of nitrogens with zero attached hydrogens (tertiary/aromatic N) is 1. The SMILES string of the molecule is CC(C)(C)OC(=O)Nc1ccc(NC2CCNCC2)cn1. The molecule has 0 spiro atoms. The van der Waals surface area contributed by atoms with Gasteiger partial charge in [-0.05, 0) is 58.8 Å². The number of amides is 1. The van der Waals surface area contributed by atoms with Crippen molar-refractivity contribution in [2.24, 2.45) is 0 Å². The summed E-state index contributed by atoms with van der Waals surface area (Å²) in [5, 5.41) is 9.41. The molecule has 1 aliphatic rings. The molecule has 0 aromatic carbocycles. The largest absolute Gasteiger partial charge is 0.444 e. The lowest BCUT2D eigenvalue weighted by atomic mass is 10.1. The smallest absolute Gasteiger partial charge is 0.413 e. The second-order valence-corrected chi connectivity index (χ2v) is 6.23. The third kappa shape index (κ3) is 5.59. The maximum absolute atomic E-state index is 11.6. The number of aromatic nitrogens is 1. The average molecular weight is 292 g/mol. The molecule has 1 amide bonds. The number of piperidine rings is 1. The molecule has 1 aliphatic heterocycles. The fourth-order valence-electron chi connectivity index (χ4n) is 2.16. The Hall–Kier alpha value is -1.82. The molecule has 1 saturated heterocycles. The maximum Gasteiger partial charge on any atom is 0.413 e. The van der Waals surface area contributed by atoms with Crippen LogP contribution in [0.25, 0.3) is 0 Å². The molecule has 0 bridgehead atoms. The van der Waals surface area contributed by atoms with Gasteiger partial charge in [0.15, 0.2) is 0 Å². The minimum atomic E-state index is -0.513. The molecule has 1 fully saturated rings. The number of nitrogens with one attached hydrogen (secondary N) is 3. The van der Waals surface area contributed by atoms with E-state index in [0.29, 0.717) is 11.9 Å². The van der Waals surface area contributed by atoms with Gasteiger partial charge >= 0.3 is 6.09 Å². The van der Waals surface area contributed by atoms with Gasteiger partial charge in [0.05, 0.1) is 11.9 Å². The Morgan fingerprint density at radius 2 is 2.05 bits per heavy atom. The highest BCUT2D eigenvalue weighted by Gasteiger charge is 2.16. The predicted molar refractivity (Wildman–Crippen MR) is 83.6 cm³/mol. The summed E-state index contributed by atoms with van der Waals surface area (Å²) in [6.07, 6.45) is 3.46. The van der Waals surface area contributed by atoms with Crippen LogP contribution in [0.5, 0.6) is 0 Å². The number of pyridine rings is 1. The number of ether oxygens (including phenoxy) is 1. The van der Waals surface area contributed by atoms with Crippen LogP contribution in [0.1, 0.15) is 33.6 Å². The lowest BCUT2D eigenvalue weighted by Gasteiger charge is -2.24. The van der Waals surface area contributed by atoms with Crippen molar-refractivity contribution >= 4 is 17.6 Å². The molecule has 1 aromatic heterocycles. The average Bonchev–Trinajstić information content (AvgIpc) is 2.40. The van der Waals surface area contributed by atoms with Gasteiger partial charge in [0.2, 0.25) is 0 Å². The van der Waals surface area contributed by atoms with E-state index < -0.39 is 11.7 Å². The number of carbonyl (C=O) groups is 1. The van der Waals surface area contributed by atoms with Crippen molar-refractivity contribution in [3.05, 3.63) is 18.3 Å². The van der Waals surface area contributed by atoms with Crippen molar-refractivity contribution in [1.29, 1.82) is 0 Å². The normalized spacial score (nSPS) is 16.3. The Kier molecular flexibility index (Phi) is 5.01. The van der Waals surface area contributed by atoms with Crippen molar-refractivity contribution in [3.8, 4) is 0 Å². The van der Waals surface area contributed by atoms with E-state index in [0.717, 1.165) is 31.6 Å². The van der Waals surface area contributed by atoms with E-state index in [4.69, 9.17) is 4.74 Å². The summed E-state index contributed by atoms with van der Waals surface area (Å²) in [7, 11) is 0. The van der Waals surface area contributed by atoms with Gasteiger partial charge in [-0.3, -0.25) is 5.32 Å². The molecule has 0 unspecified atom stereocenters. The number of hydrogen-bond acceptors (Lipinski definition) is 5. The van der Waals surface area contributed by atoms with Gasteiger partial charge in [-0.15, -0.1) is 0 Å². The highest BCUT2D eigenvalue weighted by molar-refractivity contribution is 5.83. The fourth-order valence-corrected chi connectivity index (χ4v) is 2.16. The minimum Gasteiger partial charge on any atom is -0.444 e. The van der Waals surface area contributed by atoms with E-state index in [-0.39, 0.29) is 0 Å². The van der Waals surface area contributed by atoms with Gasteiger partial charge < -0.3 is 15.4 Å². The van der Waals surface area contributed by atoms with Crippen LogP contribution in [0, 0.1) is 0 Å². The highest BCUT2D eigenvalue weighted by Crippen LogP contribution is 2.15. The zero-order valence-electron chi connectivity index (χ0n) is 12.9. The molecule has 21 heavy (non-hydrogen) atoms. The molecular formula is C15H24N4O2. The van der Waals surface area contributed by atoms with Crippen LogP contribution in [-0.4, -0.2) is 35.8 Å². The molecule has 116 valence electrons. The van der Waals surface area contributed by atoms with Crippen LogP contribution in [0.3, 0.4) is 0 Å². The summed E-state index contributed by atoms with van der Waals surface area (Å²) in [6.45, 7) is 7.57. The number of hydrogen-bond donors (Lipinski definition) is 3. The third-order valence-electron chi connectivity index (χ3n) is 3.10. The Morgan fingerprint density at radius 3 is 2.62 bits per heavy atom. The Labute approximate surface area is 125 Å². The van der Waals surface area contributed by atoms with Gasteiger partial charge in [0.1, 0.15) is 11.4 Å². The molecule has 0 radical (unpaired) electrons. The summed E-state index contributed by atoms with van der Waals surface area (Å²) in [5.74, 6) is 0.486. The first-order chi connectivity index (χ1) is 9.92. The lowest BCUT2D eigenvalue weighted by molar-refractivity contribution is 0.0635. The number of rotatable bonds is 3. The fraction of sp³-hybridized carbons (Fsp3) is 0.600. The van der Waals surface area contributed by atoms with E-state index in [2.05, 4.69) is 20.9 Å². The van der Waals surface area contributed by atoms with Gasteiger partial charge in [-0.2, -0.15) is 0 Å². The Bertz CT molecular complexity index is 462. The summed E-state index contributed by atoms with van der Waals surface area (Å²) >= 11 is 0. The van der Waals surface area contributed by atoms with E-state index >= 15 is 0 Å². The molecule has 0 aliphatic carbocycles. The molecule has 0 saturated carbocycles. The van der Waals surface area contributed by atoms with Crippen LogP contribution in [-0.2, 0) is 4.74 Å². The molecule has 6 heteroatoms. The quantitative estimate of drug-likeness (QED) is 0.798. The number of carbonyl (C=O) groups excluding carboxylic acids is 1. The molecule has 1 aromatic rings. The first kappa shape index (κ1) is 15.6. The van der Waals surface area contributed by atoms with Gasteiger partial charge in [-0.1, -0.05) is 0 Å². The zero-order valence-corrected chi connectivity index (χ0v) is 12.9. The van der Waals surface area contributed by atoms with Gasteiger partial charge in [-0.25, -0.2) is 9.78 Å². The summed E-state index contributed by atoms with van der Waals surface area (Å²) in [5.41, 5.74) is 0.456. The summed E-state index contributed by atoms with van der Waals surface area (Å²) in [6, 6.07) is 4.17.